The summed E-state index contributed by atoms with van der Waals surface area (Å²) in [4.78, 5) is 7.00. The number of likely N-dealkylation sites (tertiary alicyclic amines) is 1. The van der Waals surface area contributed by atoms with Gasteiger partial charge in [-0.05, 0) is 91.7 Å². The molecule has 180 valence electrons. The Hall–Kier alpha value is -3.06. The van der Waals surface area contributed by atoms with E-state index in [-0.39, 0.29) is 0 Å². The van der Waals surface area contributed by atoms with Crippen LogP contribution in [0.4, 0.5) is 0 Å². The lowest BCUT2D eigenvalue weighted by Gasteiger charge is -2.36. The molecule has 0 saturated carbocycles. The van der Waals surface area contributed by atoms with Crippen molar-refractivity contribution in [3.63, 3.8) is 0 Å². The van der Waals surface area contributed by atoms with Crippen LogP contribution in [0.2, 0.25) is 5.02 Å². The van der Waals surface area contributed by atoms with E-state index in [2.05, 4.69) is 48.2 Å². The highest BCUT2D eigenvalue weighted by Gasteiger charge is 2.25. The van der Waals surface area contributed by atoms with E-state index >= 15 is 0 Å². The lowest BCUT2D eigenvalue weighted by molar-refractivity contribution is 0.116. The maximum Gasteiger partial charge on any atom is 0.126 e. The van der Waals surface area contributed by atoms with Gasteiger partial charge in [-0.3, -0.25) is 4.90 Å². The van der Waals surface area contributed by atoms with Crippen LogP contribution in [-0.2, 0) is 0 Å². The summed E-state index contributed by atoms with van der Waals surface area (Å²) in [6.07, 6.45) is 4.33. The number of aromatic nitrogens is 1. The van der Waals surface area contributed by atoms with Crippen LogP contribution in [0.1, 0.15) is 50.4 Å². The molecule has 0 unspecified atom stereocenters. The molecule has 0 amide bonds. The number of halogens is 1. The number of rotatable bonds is 6. The third-order valence-electron chi connectivity index (χ3n) is 6.59. The number of allylic oxidation sites excluding steroid dienone is 1. The van der Waals surface area contributed by atoms with Crippen LogP contribution in [0.15, 0.2) is 67.4 Å². The average Bonchev–Trinajstić information content (AvgIpc) is 2.85. The van der Waals surface area contributed by atoms with E-state index in [9.17, 15) is 0 Å². The van der Waals surface area contributed by atoms with Crippen LogP contribution >= 0.6 is 11.6 Å². The molecule has 1 fully saturated rings. The summed E-state index contributed by atoms with van der Waals surface area (Å²) in [5, 5.41) is 0.723. The number of ether oxygens (including phenoxy) is 1. The molecule has 0 bridgehead atoms. The Morgan fingerprint density at radius 1 is 1.03 bits per heavy atom. The second-order valence-electron chi connectivity index (χ2n) is 10.0. The first-order chi connectivity index (χ1) is 16.8. The third kappa shape index (κ3) is 6.98. The van der Waals surface area contributed by atoms with Crippen LogP contribution in [0.25, 0.3) is 16.7 Å². The van der Waals surface area contributed by atoms with Crippen molar-refractivity contribution in [2.75, 3.05) is 26.2 Å². The molecule has 4 rings (SSSR count). The Balaban J connectivity index is 1.39. The monoisotopic (exact) mass is 484 g/mol. The molecule has 3 nitrogen and oxygen atoms in total. The Labute approximate surface area is 214 Å². The van der Waals surface area contributed by atoms with Crippen molar-refractivity contribution in [1.29, 1.82) is 0 Å². The quantitative estimate of drug-likeness (QED) is 0.342. The Morgan fingerprint density at radius 2 is 1.74 bits per heavy atom. The molecular weight excluding hydrogens is 452 g/mol. The Bertz CT molecular complexity index is 1220. The van der Waals surface area contributed by atoms with E-state index in [1.54, 1.807) is 0 Å². The number of hydrogen-bond donors (Lipinski definition) is 0. The predicted octanol–water partition coefficient (Wildman–Crippen LogP) is 7.34. The van der Waals surface area contributed by atoms with Crippen molar-refractivity contribution < 1.29 is 4.74 Å². The number of nitrogens with zero attached hydrogens (tertiary/aromatic N) is 2. The smallest absolute Gasteiger partial charge is 0.126 e. The van der Waals surface area contributed by atoms with E-state index in [0.717, 1.165) is 63.9 Å². The van der Waals surface area contributed by atoms with Gasteiger partial charge < -0.3 is 4.74 Å². The van der Waals surface area contributed by atoms with Gasteiger partial charge in [0.15, 0.2) is 0 Å². The maximum absolute atomic E-state index is 6.16. The Morgan fingerprint density at radius 3 is 2.40 bits per heavy atom. The standard InChI is InChI=1S/C31H33ClN2O/c1-23(2)29-21-24(6-14-30(29)35-20-19-34-17-15-31(3,4)16-18-34)5-12-28-13-9-26(22-33-28)25-7-10-27(32)11-8-25/h6-11,13-14,21-22H,1,15-20H2,2-4H3. The van der Waals surface area contributed by atoms with Crippen LogP contribution < -0.4 is 4.74 Å². The van der Waals surface area contributed by atoms with Crippen molar-refractivity contribution in [2.24, 2.45) is 5.41 Å². The summed E-state index contributed by atoms with van der Waals surface area (Å²) in [5.74, 6) is 7.26. The van der Waals surface area contributed by atoms with Gasteiger partial charge in [0.1, 0.15) is 18.1 Å². The van der Waals surface area contributed by atoms with Crippen LogP contribution in [0.5, 0.6) is 5.75 Å². The summed E-state index contributed by atoms with van der Waals surface area (Å²) < 4.78 is 6.16. The van der Waals surface area contributed by atoms with Crippen molar-refractivity contribution in [2.45, 2.75) is 33.6 Å². The Kier molecular flexibility index (Phi) is 7.96. The molecule has 1 aromatic heterocycles. The highest BCUT2D eigenvalue weighted by Crippen LogP contribution is 2.30. The average molecular weight is 485 g/mol. The summed E-state index contributed by atoms with van der Waals surface area (Å²) in [7, 11) is 0. The first kappa shape index (κ1) is 25.0. The van der Waals surface area contributed by atoms with Gasteiger partial charge in [-0.15, -0.1) is 0 Å². The third-order valence-corrected chi connectivity index (χ3v) is 6.84. The van der Waals surface area contributed by atoms with E-state index in [4.69, 9.17) is 16.3 Å². The normalized spacial score (nSPS) is 15.2. The van der Waals surface area contributed by atoms with Gasteiger partial charge >= 0.3 is 0 Å². The lowest BCUT2D eigenvalue weighted by atomic mass is 9.83. The minimum atomic E-state index is 0.468. The predicted molar refractivity (Wildman–Crippen MR) is 147 cm³/mol. The highest BCUT2D eigenvalue weighted by atomic mass is 35.5. The highest BCUT2D eigenvalue weighted by molar-refractivity contribution is 6.30. The molecule has 0 N–H and O–H groups in total. The molecular formula is C31H33ClN2O. The topological polar surface area (TPSA) is 25.4 Å². The van der Waals surface area contributed by atoms with Gasteiger partial charge in [0.05, 0.1) is 0 Å². The molecule has 2 heterocycles. The molecule has 35 heavy (non-hydrogen) atoms. The van der Waals surface area contributed by atoms with Gasteiger partial charge in [-0.1, -0.05) is 56.1 Å². The van der Waals surface area contributed by atoms with Gasteiger partial charge in [-0.2, -0.15) is 0 Å². The van der Waals surface area contributed by atoms with Crippen LogP contribution in [0.3, 0.4) is 0 Å². The molecule has 1 saturated heterocycles. The fourth-order valence-corrected chi connectivity index (χ4v) is 4.28. The van der Waals surface area contributed by atoms with E-state index in [1.165, 1.54) is 12.8 Å². The zero-order valence-corrected chi connectivity index (χ0v) is 21.7. The molecule has 0 radical (unpaired) electrons. The fourth-order valence-electron chi connectivity index (χ4n) is 4.15. The fraction of sp³-hybridized carbons (Fsp3) is 0.323. The molecule has 0 aliphatic carbocycles. The zero-order chi connectivity index (χ0) is 24.8. The zero-order valence-electron chi connectivity index (χ0n) is 20.9. The SMILES string of the molecule is C=C(C)c1cc(C#Cc2ccc(-c3ccc(Cl)cc3)cn2)ccc1OCCN1CCC(C)(C)CC1. The summed E-state index contributed by atoms with van der Waals surface area (Å²) in [6, 6.07) is 17.8. The van der Waals surface area contributed by atoms with Crippen molar-refractivity contribution in [3.05, 3.63) is 89.2 Å². The molecule has 0 atom stereocenters. The number of pyridine rings is 1. The number of piperidine rings is 1. The number of benzene rings is 2. The van der Waals surface area contributed by atoms with Gasteiger partial charge in [-0.25, -0.2) is 4.98 Å². The molecule has 0 spiro atoms. The van der Waals surface area contributed by atoms with E-state index < -0.39 is 0 Å². The molecule has 3 aromatic rings. The largest absolute Gasteiger partial charge is 0.492 e. The molecule has 2 aromatic carbocycles. The van der Waals surface area contributed by atoms with Gasteiger partial charge in [0, 0.05) is 34.5 Å². The molecule has 1 aliphatic heterocycles. The lowest BCUT2D eigenvalue weighted by Crippen LogP contribution is -2.39. The minimum Gasteiger partial charge on any atom is -0.492 e. The second kappa shape index (κ2) is 11.1. The minimum absolute atomic E-state index is 0.468. The molecule has 4 heteroatoms. The summed E-state index contributed by atoms with van der Waals surface area (Å²) in [5.41, 5.74) is 6.19. The molecule has 1 aliphatic rings. The maximum atomic E-state index is 6.16. The van der Waals surface area contributed by atoms with E-state index in [1.807, 2.05) is 61.7 Å². The first-order valence-corrected chi connectivity index (χ1v) is 12.6. The van der Waals surface area contributed by atoms with E-state index in [0.29, 0.717) is 12.0 Å². The van der Waals surface area contributed by atoms with Crippen molar-refractivity contribution >= 4 is 17.2 Å². The van der Waals surface area contributed by atoms with Crippen molar-refractivity contribution in [1.82, 2.24) is 9.88 Å². The van der Waals surface area contributed by atoms with Crippen LogP contribution in [-0.4, -0.2) is 36.1 Å². The number of hydrogen-bond acceptors (Lipinski definition) is 3. The van der Waals surface area contributed by atoms with Crippen molar-refractivity contribution in [3.8, 4) is 28.7 Å². The van der Waals surface area contributed by atoms with Crippen LogP contribution in [0, 0.1) is 17.3 Å². The summed E-state index contributed by atoms with van der Waals surface area (Å²) in [6.45, 7) is 14.8. The first-order valence-electron chi connectivity index (χ1n) is 12.2. The summed E-state index contributed by atoms with van der Waals surface area (Å²) >= 11 is 5.98. The van der Waals surface area contributed by atoms with Gasteiger partial charge in [0.2, 0.25) is 0 Å². The van der Waals surface area contributed by atoms with Gasteiger partial charge in [0.25, 0.3) is 0 Å². The second-order valence-corrected chi connectivity index (χ2v) is 10.5.